The van der Waals surface area contributed by atoms with Gasteiger partial charge in [-0.2, -0.15) is 0 Å². The first-order valence-corrected chi connectivity index (χ1v) is 9.41. The fourth-order valence-corrected chi connectivity index (χ4v) is 2.88. The first-order valence-electron chi connectivity index (χ1n) is 9.41. The summed E-state index contributed by atoms with van der Waals surface area (Å²) in [4.78, 5) is 17.3. The molecule has 0 fully saturated rings. The Labute approximate surface area is 199 Å². The zero-order chi connectivity index (χ0) is 20.8. The maximum Gasteiger partial charge on any atom is 0.150 e. The molecule has 6 nitrogen and oxygen atoms in total. The molecule has 0 amide bonds. The summed E-state index contributed by atoms with van der Waals surface area (Å²) in [5.41, 5.74) is 17.1. The molecule has 0 atom stereocenters. The third-order valence-electron chi connectivity index (χ3n) is 4.42. The molecule has 0 aliphatic carbocycles. The average molecular weight is 465 g/mol. The summed E-state index contributed by atoms with van der Waals surface area (Å²) in [7, 11) is 0. The van der Waals surface area contributed by atoms with Crippen LogP contribution >= 0.6 is 24.8 Å². The summed E-state index contributed by atoms with van der Waals surface area (Å²) in [6.07, 6.45) is 3.39. The van der Waals surface area contributed by atoms with Crippen LogP contribution in [0.1, 0.15) is 11.4 Å². The lowest BCUT2D eigenvalue weighted by Crippen LogP contribution is -2.14. The van der Waals surface area contributed by atoms with Crippen LogP contribution in [0.5, 0.6) is 0 Å². The van der Waals surface area contributed by atoms with Gasteiger partial charge in [-0.25, -0.2) is 9.98 Å². The minimum atomic E-state index is 0. The van der Waals surface area contributed by atoms with Crippen molar-refractivity contribution >= 4 is 47.9 Å². The van der Waals surface area contributed by atoms with Gasteiger partial charge in [0.1, 0.15) is 23.1 Å². The summed E-state index contributed by atoms with van der Waals surface area (Å²) < 4.78 is 0. The van der Waals surface area contributed by atoms with E-state index in [4.69, 9.17) is 11.5 Å². The number of amidine groups is 2. The number of halogens is 2. The van der Waals surface area contributed by atoms with Crippen LogP contribution in [-0.2, 0) is 0 Å². The van der Waals surface area contributed by atoms with Gasteiger partial charge in [0.15, 0.2) is 0 Å². The van der Waals surface area contributed by atoms with E-state index in [1.807, 2.05) is 84.9 Å². The predicted octanol–water partition coefficient (Wildman–Crippen LogP) is 5.06. The van der Waals surface area contributed by atoms with Crippen molar-refractivity contribution in [1.29, 1.82) is 0 Å². The zero-order valence-corrected chi connectivity index (χ0v) is 18.6. The monoisotopic (exact) mass is 464 g/mol. The van der Waals surface area contributed by atoms with Gasteiger partial charge >= 0.3 is 0 Å². The molecule has 2 aromatic carbocycles. The lowest BCUT2D eigenvalue weighted by Gasteiger charge is -2.05. The van der Waals surface area contributed by atoms with Gasteiger partial charge in [-0.15, -0.1) is 24.8 Å². The number of hydrogen-bond acceptors (Lipinski definition) is 4. The highest BCUT2D eigenvalue weighted by Crippen LogP contribution is 2.25. The Morgan fingerprint density at radius 1 is 0.531 bits per heavy atom. The van der Waals surface area contributed by atoms with Crippen molar-refractivity contribution in [1.82, 2.24) is 9.97 Å². The highest BCUT2D eigenvalue weighted by atomic mass is 35.5. The lowest BCUT2D eigenvalue weighted by molar-refractivity contribution is 1.27. The third-order valence-corrected chi connectivity index (χ3v) is 4.42. The van der Waals surface area contributed by atoms with E-state index >= 15 is 0 Å². The van der Waals surface area contributed by atoms with Gasteiger partial charge in [0.2, 0.25) is 0 Å². The molecule has 4 rings (SSSR count). The molecule has 0 aliphatic rings. The number of benzene rings is 2. The summed E-state index contributed by atoms with van der Waals surface area (Å²) >= 11 is 0. The predicted molar refractivity (Wildman–Crippen MR) is 136 cm³/mol. The minimum absolute atomic E-state index is 0. The molecule has 0 aliphatic heterocycles. The lowest BCUT2D eigenvalue weighted by atomic mass is 10.1. The largest absolute Gasteiger partial charge is 0.382 e. The molecule has 162 valence electrons. The van der Waals surface area contributed by atoms with Gasteiger partial charge in [0, 0.05) is 12.4 Å². The summed E-state index contributed by atoms with van der Waals surface area (Å²) in [5.74, 6) is 0.770. The number of pyridine rings is 2. The standard InChI is InChI=1S/C24H20N6.2ClH/c25-23(21-5-1-3-15-27-21)29-19-11-7-17(8-12-19)18-9-13-20(14-10-18)30-24(26)22-6-2-4-16-28-22;;/h1-16H,(H2,25,29)(H2,26,30);2*1H. The Balaban J connectivity index is 0.00000181. The smallest absolute Gasteiger partial charge is 0.150 e. The maximum absolute atomic E-state index is 6.03. The Bertz CT molecular complexity index is 1080. The van der Waals surface area contributed by atoms with Gasteiger partial charge in [0.05, 0.1) is 11.4 Å². The van der Waals surface area contributed by atoms with E-state index in [9.17, 15) is 0 Å². The van der Waals surface area contributed by atoms with Crippen molar-refractivity contribution in [2.24, 2.45) is 21.5 Å². The zero-order valence-electron chi connectivity index (χ0n) is 17.0. The molecule has 0 unspecified atom stereocenters. The Kier molecular flexibility index (Phi) is 8.89. The molecule has 0 bridgehead atoms. The molecular formula is C24H22Cl2N6. The maximum atomic E-state index is 6.03. The van der Waals surface area contributed by atoms with Crippen LogP contribution in [-0.4, -0.2) is 21.6 Å². The molecular weight excluding hydrogens is 443 g/mol. The Morgan fingerprint density at radius 3 is 1.22 bits per heavy atom. The summed E-state index contributed by atoms with van der Waals surface area (Å²) in [6.45, 7) is 0. The SMILES string of the molecule is Cl.Cl.NC(=Nc1ccc(-c2ccc(N=C(N)c3ccccn3)cc2)cc1)c1ccccn1. The average Bonchev–Trinajstić information content (AvgIpc) is 2.81. The van der Waals surface area contributed by atoms with Gasteiger partial charge < -0.3 is 11.5 Å². The second kappa shape index (κ2) is 11.6. The number of nitrogens with zero attached hydrogens (tertiary/aromatic N) is 4. The van der Waals surface area contributed by atoms with Crippen LogP contribution in [0.2, 0.25) is 0 Å². The van der Waals surface area contributed by atoms with Crippen molar-refractivity contribution in [3.63, 3.8) is 0 Å². The Hall–Kier alpha value is -3.74. The van der Waals surface area contributed by atoms with E-state index < -0.39 is 0 Å². The van der Waals surface area contributed by atoms with E-state index in [1.165, 1.54) is 0 Å². The van der Waals surface area contributed by atoms with Crippen molar-refractivity contribution in [3.8, 4) is 11.1 Å². The van der Waals surface area contributed by atoms with Crippen molar-refractivity contribution < 1.29 is 0 Å². The van der Waals surface area contributed by atoms with E-state index in [0.717, 1.165) is 22.5 Å². The molecule has 0 spiro atoms. The van der Waals surface area contributed by atoms with E-state index in [0.29, 0.717) is 23.1 Å². The molecule has 0 radical (unpaired) electrons. The van der Waals surface area contributed by atoms with Crippen LogP contribution in [0, 0.1) is 0 Å². The first-order chi connectivity index (χ1) is 14.7. The topological polar surface area (TPSA) is 103 Å². The van der Waals surface area contributed by atoms with Crippen LogP contribution in [0.25, 0.3) is 11.1 Å². The van der Waals surface area contributed by atoms with Crippen molar-refractivity contribution in [2.45, 2.75) is 0 Å². The van der Waals surface area contributed by atoms with Gasteiger partial charge in [0.25, 0.3) is 0 Å². The quantitative estimate of drug-likeness (QED) is 0.318. The molecule has 0 saturated heterocycles. The third kappa shape index (κ3) is 6.14. The molecule has 0 saturated carbocycles. The van der Waals surface area contributed by atoms with Crippen LogP contribution in [0.3, 0.4) is 0 Å². The highest BCUT2D eigenvalue weighted by Gasteiger charge is 2.03. The number of nitrogens with two attached hydrogens (primary N) is 2. The highest BCUT2D eigenvalue weighted by molar-refractivity contribution is 5.98. The normalized spacial score (nSPS) is 11.2. The first kappa shape index (κ1) is 24.5. The van der Waals surface area contributed by atoms with Crippen LogP contribution in [0.4, 0.5) is 11.4 Å². The number of aromatic nitrogens is 2. The molecule has 2 aromatic heterocycles. The van der Waals surface area contributed by atoms with Crippen molar-refractivity contribution in [3.05, 3.63) is 109 Å². The van der Waals surface area contributed by atoms with Gasteiger partial charge in [-0.05, 0) is 59.7 Å². The second-order valence-corrected chi connectivity index (χ2v) is 6.52. The number of aliphatic imine (C=N–C) groups is 2. The van der Waals surface area contributed by atoms with Crippen LogP contribution in [0.15, 0.2) is 107 Å². The molecule has 4 N–H and O–H groups in total. The molecule has 8 heteroatoms. The Morgan fingerprint density at radius 2 is 0.906 bits per heavy atom. The number of rotatable bonds is 5. The van der Waals surface area contributed by atoms with E-state index in [1.54, 1.807) is 12.4 Å². The summed E-state index contributed by atoms with van der Waals surface area (Å²) in [5, 5.41) is 0. The molecule has 4 aromatic rings. The van der Waals surface area contributed by atoms with Crippen molar-refractivity contribution in [2.75, 3.05) is 0 Å². The van der Waals surface area contributed by atoms with Crippen LogP contribution < -0.4 is 11.5 Å². The van der Waals surface area contributed by atoms with Gasteiger partial charge in [-0.3, -0.25) is 9.97 Å². The fourth-order valence-electron chi connectivity index (χ4n) is 2.88. The summed E-state index contributed by atoms with van der Waals surface area (Å²) in [6, 6.07) is 26.8. The van der Waals surface area contributed by atoms with E-state index in [-0.39, 0.29) is 24.8 Å². The molecule has 2 heterocycles. The molecule has 32 heavy (non-hydrogen) atoms. The van der Waals surface area contributed by atoms with E-state index in [2.05, 4.69) is 20.0 Å². The minimum Gasteiger partial charge on any atom is -0.382 e. The number of hydrogen-bond donors (Lipinski definition) is 2. The fraction of sp³-hybridized carbons (Fsp3) is 0. The van der Waals surface area contributed by atoms with Gasteiger partial charge in [-0.1, -0.05) is 36.4 Å². The second-order valence-electron chi connectivity index (χ2n) is 6.52.